The molecule has 2 N–H and O–H groups in total. The van der Waals surface area contributed by atoms with Crippen LogP contribution >= 0.6 is 0 Å². The molecule has 0 saturated carbocycles. The van der Waals surface area contributed by atoms with Crippen molar-refractivity contribution < 1.29 is 0 Å². The zero-order valence-electron chi connectivity index (χ0n) is 12.9. The molecule has 2 rings (SSSR count). The smallest absolute Gasteiger partial charge is 0.0475 e. The normalized spacial score (nSPS) is 12.2. The van der Waals surface area contributed by atoms with Crippen molar-refractivity contribution in [2.24, 2.45) is 5.73 Å². The number of hydrogen-bond acceptors (Lipinski definition) is 2. The molecular formula is C18H24N2. The van der Waals surface area contributed by atoms with Gasteiger partial charge in [0.25, 0.3) is 0 Å². The fraction of sp³-hybridized carbons (Fsp3) is 0.333. The zero-order chi connectivity index (χ0) is 14.7. The minimum atomic E-state index is 0.0296. The highest BCUT2D eigenvalue weighted by molar-refractivity contribution is 5.50. The van der Waals surface area contributed by atoms with Gasteiger partial charge in [0.05, 0.1) is 0 Å². The number of hydrogen-bond donors (Lipinski definition) is 1. The van der Waals surface area contributed by atoms with Crippen molar-refractivity contribution in [3.05, 3.63) is 64.7 Å². The summed E-state index contributed by atoms with van der Waals surface area (Å²) in [4.78, 5) is 2.23. The Balaban J connectivity index is 2.15. The van der Waals surface area contributed by atoms with Gasteiger partial charge in [-0.1, -0.05) is 30.3 Å². The van der Waals surface area contributed by atoms with E-state index in [9.17, 15) is 0 Å². The second-order valence-corrected chi connectivity index (χ2v) is 5.69. The highest BCUT2D eigenvalue weighted by Crippen LogP contribution is 2.21. The molecule has 0 aliphatic carbocycles. The Morgan fingerprint density at radius 1 is 1.00 bits per heavy atom. The molecule has 0 radical (unpaired) electrons. The van der Waals surface area contributed by atoms with Crippen molar-refractivity contribution in [2.45, 2.75) is 26.8 Å². The quantitative estimate of drug-likeness (QED) is 0.915. The maximum atomic E-state index is 6.37. The molecule has 1 atom stereocenters. The van der Waals surface area contributed by atoms with Crippen LogP contribution in [0.5, 0.6) is 0 Å². The monoisotopic (exact) mass is 268 g/mol. The first-order chi connectivity index (χ1) is 9.47. The molecule has 0 heterocycles. The van der Waals surface area contributed by atoms with E-state index in [2.05, 4.69) is 75.2 Å². The third-order valence-electron chi connectivity index (χ3n) is 3.71. The highest BCUT2D eigenvalue weighted by Gasteiger charge is 2.12. The van der Waals surface area contributed by atoms with Crippen LogP contribution in [0.3, 0.4) is 0 Å². The van der Waals surface area contributed by atoms with Crippen molar-refractivity contribution >= 4 is 5.69 Å². The summed E-state index contributed by atoms with van der Waals surface area (Å²) in [5.74, 6) is 0. The topological polar surface area (TPSA) is 29.3 Å². The Labute approximate surface area is 122 Å². The lowest BCUT2D eigenvalue weighted by Crippen LogP contribution is -2.29. The van der Waals surface area contributed by atoms with E-state index in [1.165, 1.54) is 27.9 Å². The summed E-state index contributed by atoms with van der Waals surface area (Å²) in [6, 6.07) is 15.0. The molecule has 0 fully saturated rings. The molecule has 0 aromatic heterocycles. The lowest BCUT2D eigenvalue weighted by atomic mass is 10.0. The Morgan fingerprint density at radius 3 is 2.20 bits per heavy atom. The maximum absolute atomic E-state index is 6.37. The average Bonchev–Trinajstić information content (AvgIpc) is 2.37. The van der Waals surface area contributed by atoms with E-state index in [1.807, 2.05) is 0 Å². The van der Waals surface area contributed by atoms with Gasteiger partial charge < -0.3 is 10.6 Å². The van der Waals surface area contributed by atoms with Gasteiger partial charge in [-0.25, -0.2) is 0 Å². The van der Waals surface area contributed by atoms with Crippen LogP contribution in [0.2, 0.25) is 0 Å². The summed E-state index contributed by atoms with van der Waals surface area (Å²) in [6.07, 6.45) is 0. The number of rotatable bonds is 4. The van der Waals surface area contributed by atoms with Gasteiger partial charge in [-0.3, -0.25) is 0 Å². The lowest BCUT2D eigenvalue weighted by Gasteiger charge is -2.25. The van der Waals surface area contributed by atoms with E-state index in [0.717, 1.165) is 6.54 Å². The van der Waals surface area contributed by atoms with Crippen molar-refractivity contribution in [3.8, 4) is 0 Å². The molecule has 2 heteroatoms. The predicted octanol–water partition coefficient (Wildman–Crippen LogP) is 3.75. The number of anilines is 1. The van der Waals surface area contributed by atoms with Crippen LogP contribution in [0.25, 0.3) is 0 Å². The summed E-state index contributed by atoms with van der Waals surface area (Å²) < 4.78 is 0. The van der Waals surface area contributed by atoms with Gasteiger partial charge >= 0.3 is 0 Å². The van der Waals surface area contributed by atoms with Crippen molar-refractivity contribution in [2.75, 3.05) is 18.5 Å². The SMILES string of the molecule is Cc1cc(C)cc(N(C)CC(N)c2ccccc2C)c1. The number of likely N-dealkylation sites (N-methyl/N-ethyl adjacent to an activating group) is 1. The molecule has 1 unspecified atom stereocenters. The van der Waals surface area contributed by atoms with Crippen LogP contribution < -0.4 is 10.6 Å². The third-order valence-corrected chi connectivity index (χ3v) is 3.71. The Bertz CT molecular complexity index is 569. The first-order valence-electron chi connectivity index (χ1n) is 7.08. The largest absolute Gasteiger partial charge is 0.373 e. The fourth-order valence-electron chi connectivity index (χ4n) is 2.67. The molecule has 20 heavy (non-hydrogen) atoms. The van der Waals surface area contributed by atoms with Gasteiger partial charge in [-0.2, -0.15) is 0 Å². The molecule has 2 nitrogen and oxygen atoms in total. The number of aryl methyl sites for hydroxylation is 3. The zero-order valence-corrected chi connectivity index (χ0v) is 12.9. The van der Waals surface area contributed by atoms with E-state index in [1.54, 1.807) is 0 Å². The van der Waals surface area contributed by atoms with Gasteiger partial charge in [0.1, 0.15) is 0 Å². The lowest BCUT2D eigenvalue weighted by molar-refractivity contribution is 0.699. The number of benzene rings is 2. The second-order valence-electron chi connectivity index (χ2n) is 5.69. The highest BCUT2D eigenvalue weighted by atomic mass is 15.1. The summed E-state index contributed by atoms with van der Waals surface area (Å²) in [6.45, 7) is 7.19. The van der Waals surface area contributed by atoms with Gasteiger partial charge in [-0.15, -0.1) is 0 Å². The second kappa shape index (κ2) is 6.10. The third kappa shape index (κ3) is 3.40. The molecule has 0 amide bonds. The maximum Gasteiger partial charge on any atom is 0.0475 e. The summed E-state index contributed by atoms with van der Waals surface area (Å²) in [7, 11) is 2.10. The minimum absolute atomic E-state index is 0.0296. The minimum Gasteiger partial charge on any atom is -0.373 e. The van der Waals surface area contributed by atoms with Gasteiger partial charge in [0.15, 0.2) is 0 Å². The van der Waals surface area contributed by atoms with E-state index in [-0.39, 0.29) is 6.04 Å². The van der Waals surface area contributed by atoms with Crippen LogP contribution in [-0.4, -0.2) is 13.6 Å². The van der Waals surface area contributed by atoms with E-state index in [4.69, 9.17) is 5.73 Å². The van der Waals surface area contributed by atoms with Crippen molar-refractivity contribution in [1.29, 1.82) is 0 Å². The molecule has 0 aliphatic rings. The van der Waals surface area contributed by atoms with E-state index < -0.39 is 0 Å². The molecule has 2 aromatic carbocycles. The molecule has 0 bridgehead atoms. The molecule has 2 aromatic rings. The van der Waals surface area contributed by atoms with Gasteiger partial charge in [0, 0.05) is 25.3 Å². The average molecular weight is 268 g/mol. The Kier molecular flexibility index (Phi) is 4.46. The van der Waals surface area contributed by atoms with Crippen LogP contribution in [0.4, 0.5) is 5.69 Å². The van der Waals surface area contributed by atoms with Crippen LogP contribution in [0.15, 0.2) is 42.5 Å². The summed E-state index contributed by atoms with van der Waals surface area (Å²) in [5.41, 5.74) is 12.7. The van der Waals surface area contributed by atoms with Crippen LogP contribution in [0, 0.1) is 20.8 Å². The summed E-state index contributed by atoms with van der Waals surface area (Å²) in [5, 5.41) is 0. The molecule has 0 aliphatic heterocycles. The van der Waals surface area contributed by atoms with Crippen molar-refractivity contribution in [3.63, 3.8) is 0 Å². The molecule has 0 spiro atoms. The Morgan fingerprint density at radius 2 is 1.60 bits per heavy atom. The number of nitrogens with two attached hydrogens (primary N) is 1. The molecular weight excluding hydrogens is 244 g/mol. The Hall–Kier alpha value is -1.80. The fourth-order valence-corrected chi connectivity index (χ4v) is 2.67. The van der Waals surface area contributed by atoms with Gasteiger partial charge in [0.2, 0.25) is 0 Å². The first kappa shape index (κ1) is 14.6. The summed E-state index contributed by atoms with van der Waals surface area (Å²) >= 11 is 0. The number of nitrogens with zero attached hydrogens (tertiary/aromatic N) is 1. The van der Waals surface area contributed by atoms with Crippen molar-refractivity contribution in [1.82, 2.24) is 0 Å². The molecule has 106 valence electrons. The van der Waals surface area contributed by atoms with Gasteiger partial charge in [-0.05, 0) is 55.2 Å². The van der Waals surface area contributed by atoms with E-state index >= 15 is 0 Å². The predicted molar refractivity (Wildman–Crippen MR) is 87.3 cm³/mol. The first-order valence-corrected chi connectivity index (χ1v) is 7.08. The standard InChI is InChI=1S/C18H24N2/c1-13-9-14(2)11-16(10-13)20(4)12-18(19)17-8-6-5-7-15(17)3/h5-11,18H,12,19H2,1-4H3. The molecule has 0 saturated heterocycles. The van der Waals surface area contributed by atoms with Crippen LogP contribution in [0.1, 0.15) is 28.3 Å². The van der Waals surface area contributed by atoms with E-state index in [0.29, 0.717) is 0 Å². The van der Waals surface area contributed by atoms with Crippen LogP contribution in [-0.2, 0) is 0 Å².